The monoisotopic (exact) mass is 420 g/mol. The second-order valence-corrected chi connectivity index (χ2v) is 7.25. The highest BCUT2D eigenvalue weighted by Crippen LogP contribution is 2.37. The van der Waals surface area contributed by atoms with Gasteiger partial charge in [0.2, 0.25) is 5.91 Å². The average Bonchev–Trinajstić information content (AvgIpc) is 2.76. The number of amides is 1. The van der Waals surface area contributed by atoms with E-state index in [-0.39, 0.29) is 11.6 Å². The van der Waals surface area contributed by atoms with Gasteiger partial charge in [-0.15, -0.1) is 0 Å². The third kappa shape index (κ3) is 5.25. The number of hydrogen-bond acceptors (Lipinski definition) is 5. The number of benzene rings is 3. The van der Waals surface area contributed by atoms with Crippen LogP contribution in [0.25, 0.3) is 10.8 Å². The van der Waals surface area contributed by atoms with Crippen molar-refractivity contribution in [2.45, 2.75) is 39.2 Å². The second-order valence-electron chi connectivity index (χ2n) is 7.25. The van der Waals surface area contributed by atoms with Gasteiger partial charge in [-0.25, -0.2) is 0 Å². The fraction of sp³-hybridized carbons (Fsp3) is 0.250. The second kappa shape index (κ2) is 9.84. The van der Waals surface area contributed by atoms with Crippen LogP contribution < -0.4 is 10.1 Å². The van der Waals surface area contributed by atoms with Crippen molar-refractivity contribution in [2.75, 3.05) is 0 Å². The van der Waals surface area contributed by atoms with Crippen LogP contribution in [-0.2, 0) is 9.59 Å². The molecule has 3 aromatic carbocycles. The SMILES string of the molecule is CCCCC(=O)N[C@@H](c1cccc([N+](=O)[O-])c1)c1c(OC(C)=O)ccc2ccccc12. The van der Waals surface area contributed by atoms with E-state index in [4.69, 9.17) is 4.74 Å². The molecule has 0 bridgehead atoms. The van der Waals surface area contributed by atoms with Gasteiger partial charge >= 0.3 is 5.97 Å². The van der Waals surface area contributed by atoms with Crippen LogP contribution in [0.5, 0.6) is 5.75 Å². The van der Waals surface area contributed by atoms with Crippen molar-refractivity contribution in [2.24, 2.45) is 0 Å². The molecular formula is C24H24N2O5. The molecule has 31 heavy (non-hydrogen) atoms. The van der Waals surface area contributed by atoms with Crippen molar-refractivity contribution in [3.8, 4) is 5.75 Å². The molecular weight excluding hydrogens is 396 g/mol. The molecule has 7 heteroatoms. The van der Waals surface area contributed by atoms with Gasteiger partial charge in [0.25, 0.3) is 5.69 Å². The Morgan fingerprint density at radius 3 is 2.58 bits per heavy atom. The normalized spacial score (nSPS) is 11.7. The maximum atomic E-state index is 12.7. The number of nitrogens with one attached hydrogen (secondary N) is 1. The minimum Gasteiger partial charge on any atom is -0.426 e. The molecule has 0 heterocycles. The van der Waals surface area contributed by atoms with Crippen molar-refractivity contribution in [1.82, 2.24) is 5.32 Å². The minimum atomic E-state index is -0.732. The highest BCUT2D eigenvalue weighted by molar-refractivity contribution is 5.90. The van der Waals surface area contributed by atoms with Gasteiger partial charge in [-0.3, -0.25) is 19.7 Å². The molecule has 0 radical (unpaired) electrons. The molecule has 0 spiro atoms. The van der Waals surface area contributed by atoms with Crippen molar-refractivity contribution in [3.05, 3.63) is 81.9 Å². The first-order valence-corrected chi connectivity index (χ1v) is 10.1. The molecule has 0 unspecified atom stereocenters. The predicted octanol–water partition coefficient (Wildman–Crippen LogP) is 5.07. The number of nitrogens with zero attached hydrogens (tertiary/aromatic N) is 1. The zero-order chi connectivity index (χ0) is 22.4. The Morgan fingerprint density at radius 2 is 1.87 bits per heavy atom. The van der Waals surface area contributed by atoms with Crippen molar-refractivity contribution in [3.63, 3.8) is 0 Å². The average molecular weight is 420 g/mol. The third-order valence-electron chi connectivity index (χ3n) is 4.95. The van der Waals surface area contributed by atoms with Gasteiger partial charge in [0.15, 0.2) is 0 Å². The van der Waals surface area contributed by atoms with E-state index in [9.17, 15) is 19.7 Å². The summed E-state index contributed by atoms with van der Waals surface area (Å²) in [4.78, 5) is 35.3. The summed E-state index contributed by atoms with van der Waals surface area (Å²) in [6.07, 6.45) is 1.91. The number of fused-ring (bicyclic) bond motifs is 1. The summed E-state index contributed by atoms with van der Waals surface area (Å²) >= 11 is 0. The van der Waals surface area contributed by atoms with Gasteiger partial charge < -0.3 is 10.1 Å². The van der Waals surface area contributed by atoms with Gasteiger partial charge in [-0.1, -0.05) is 55.8 Å². The fourth-order valence-electron chi connectivity index (χ4n) is 3.53. The molecule has 0 saturated carbocycles. The highest BCUT2D eigenvalue weighted by Gasteiger charge is 2.25. The Bertz CT molecular complexity index is 1130. The van der Waals surface area contributed by atoms with E-state index in [2.05, 4.69) is 5.32 Å². The molecule has 7 nitrogen and oxygen atoms in total. The van der Waals surface area contributed by atoms with E-state index in [0.29, 0.717) is 23.3 Å². The molecule has 1 atom stereocenters. The van der Waals surface area contributed by atoms with Crippen LogP contribution in [0.4, 0.5) is 5.69 Å². The van der Waals surface area contributed by atoms with Crippen LogP contribution >= 0.6 is 0 Å². The Labute approximate surface area is 180 Å². The number of nitro groups is 1. The Hall–Kier alpha value is -3.74. The standard InChI is InChI=1S/C24H24N2O5/c1-3-4-12-22(28)25-24(18-9-7-10-19(15-18)26(29)30)23-20-11-6-5-8-17(20)13-14-21(23)31-16(2)27/h5-11,13-15,24H,3-4,12H2,1-2H3,(H,25,28)/t24-/m0/s1. The summed E-state index contributed by atoms with van der Waals surface area (Å²) in [6, 6.07) is 16.4. The maximum Gasteiger partial charge on any atom is 0.308 e. The first-order valence-electron chi connectivity index (χ1n) is 10.1. The molecule has 3 aromatic rings. The lowest BCUT2D eigenvalue weighted by Gasteiger charge is -2.24. The van der Waals surface area contributed by atoms with Crippen LogP contribution in [-0.4, -0.2) is 16.8 Å². The molecule has 0 saturated heterocycles. The molecule has 160 valence electrons. The summed E-state index contributed by atoms with van der Waals surface area (Å²) in [6.45, 7) is 3.30. The van der Waals surface area contributed by atoms with E-state index in [1.165, 1.54) is 19.1 Å². The number of carbonyl (C=O) groups excluding carboxylic acids is 2. The van der Waals surface area contributed by atoms with Crippen LogP contribution in [0.2, 0.25) is 0 Å². The zero-order valence-electron chi connectivity index (χ0n) is 17.5. The molecule has 0 fully saturated rings. The van der Waals surface area contributed by atoms with Crippen LogP contribution in [0, 0.1) is 10.1 Å². The van der Waals surface area contributed by atoms with Gasteiger partial charge in [0, 0.05) is 31.0 Å². The smallest absolute Gasteiger partial charge is 0.308 e. The van der Waals surface area contributed by atoms with E-state index in [1.807, 2.05) is 37.3 Å². The Kier molecular flexibility index (Phi) is 6.97. The topological polar surface area (TPSA) is 98.5 Å². The van der Waals surface area contributed by atoms with Gasteiger partial charge in [0.1, 0.15) is 5.75 Å². The summed E-state index contributed by atoms with van der Waals surface area (Å²) in [5.41, 5.74) is 1.03. The first kappa shape index (κ1) is 22.0. The highest BCUT2D eigenvalue weighted by atomic mass is 16.6. The Morgan fingerprint density at radius 1 is 1.10 bits per heavy atom. The van der Waals surface area contributed by atoms with Crippen molar-refractivity contribution < 1.29 is 19.2 Å². The minimum absolute atomic E-state index is 0.0837. The molecule has 1 amide bonds. The van der Waals surface area contributed by atoms with E-state index in [1.54, 1.807) is 18.2 Å². The number of hydrogen-bond donors (Lipinski definition) is 1. The van der Waals surface area contributed by atoms with E-state index < -0.39 is 16.9 Å². The number of esters is 1. The molecule has 3 rings (SSSR count). The lowest BCUT2D eigenvalue weighted by atomic mass is 9.92. The quantitative estimate of drug-likeness (QED) is 0.237. The van der Waals surface area contributed by atoms with Crippen molar-refractivity contribution in [1.29, 1.82) is 0 Å². The number of unbranched alkanes of at least 4 members (excludes halogenated alkanes) is 1. The van der Waals surface area contributed by atoms with Crippen molar-refractivity contribution >= 4 is 28.3 Å². The van der Waals surface area contributed by atoms with Crippen LogP contribution in [0.15, 0.2) is 60.7 Å². The number of carbonyl (C=O) groups is 2. The molecule has 0 aliphatic heterocycles. The van der Waals surface area contributed by atoms with Gasteiger partial charge in [-0.05, 0) is 28.8 Å². The number of ether oxygens (including phenoxy) is 1. The number of non-ortho nitro benzene ring substituents is 1. The van der Waals surface area contributed by atoms with Crippen LogP contribution in [0.3, 0.4) is 0 Å². The first-order chi connectivity index (χ1) is 14.9. The lowest BCUT2D eigenvalue weighted by Crippen LogP contribution is -2.30. The molecule has 0 aliphatic rings. The summed E-state index contributed by atoms with van der Waals surface area (Å²) in [5.74, 6) is -0.370. The largest absolute Gasteiger partial charge is 0.426 e. The lowest BCUT2D eigenvalue weighted by molar-refractivity contribution is -0.384. The summed E-state index contributed by atoms with van der Waals surface area (Å²) < 4.78 is 5.47. The van der Waals surface area contributed by atoms with Gasteiger partial charge in [0.05, 0.1) is 11.0 Å². The number of nitro benzene ring substituents is 1. The third-order valence-corrected chi connectivity index (χ3v) is 4.95. The fourth-order valence-corrected chi connectivity index (χ4v) is 3.53. The maximum absolute atomic E-state index is 12.7. The number of rotatable bonds is 8. The predicted molar refractivity (Wildman–Crippen MR) is 118 cm³/mol. The van der Waals surface area contributed by atoms with Crippen LogP contribution in [0.1, 0.15) is 50.3 Å². The van der Waals surface area contributed by atoms with E-state index >= 15 is 0 Å². The summed E-state index contributed by atoms with van der Waals surface area (Å²) in [5, 5.41) is 16.0. The molecule has 1 N–H and O–H groups in total. The van der Waals surface area contributed by atoms with Gasteiger partial charge in [-0.2, -0.15) is 0 Å². The molecule has 0 aromatic heterocycles. The van der Waals surface area contributed by atoms with E-state index in [0.717, 1.165) is 23.6 Å². The zero-order valence-corrected chi connectivity index (χ0v) is 17.5. The Balaban J connectivity index is 2.22. The summed E-state index contributed by atoms with van der Waals surface area (Å²) in [7, 11) is 0. The molecule has 0 aliphatic carbocycles.